The lowest BCUT2D eigenvalue weighted by Gasteiger charge is -2.33. The average Bonchev–Trinajstić information content (AvgIpc) is 2.23. The van der Waals surface area contributed by atoms with Gasteiger partial charge in [-0.3, -0.25) is 0 Å². The van der Waals surface area contributed by atoms with Crippen molar-refractivity contribution >= 4 is 6.09 Å². The van der Waals surface area contributed by atoms with Gasteiger partial charge in [0.05, 0.1) is 5.92 Å². The fraction of sp³-hybridized carbons (Fsp3) is 0.923. The van der Waals surface area contributed by atoms with E-state index in [1.54, 1.807) is 20.8 Å². The molecule has 1 aliphatic rings. The predicted molar refractivity (Wildman–Crippen MR) is 65.7 cm³/mol. The van der Waals surface area contributed by atoms with Crippen LogP contribution in [-0.4, -0.2) is 24.4 Å². The van der Waals surface area contributed by atoms with Crippen LogP contribution in [0.1, 0.15) is 46.5 Å². The Kier molecular flexibility index (Phi) is 5.10. The third kappa shape index (κ3) is 5.70. The number of carbonyl (C=O) groups excluding carboxylic acids is 1. The Morgan fingerprint density at radius 3 is 2.32 bits per heavy atom. The molecule has 1 N–H and O–H groups in total. The topological polar surface area (TPSA) is 38.3 Å². The molecule has 0 aromatic rings. The summed E-state index contributed by atoms with van der Waals surface area (Å²) in [6.45, 7) is 5.17. The molecule has 0 unspecified atom stereocenters. The Bertz CT molecular complexity index is 310. The van der Waals surface area contributed by atoms with Crippen LogP contribution in [0, 0.1) is 11.8 Å². The van der Waals surface area contributed by atoms with Crippen LogP contribution in [0.3, 0.4) is 0 Å². The van der Waals surface area contributed by atoms with Gasteiger partial charge in [0.2, 0.25) is 0 Å². The van der Waals surface area contributed by atoms with Crippen molar-refractivity contribution in [3.8, 4) is 0 Å². The highest BCUT2D eigenvalue weighted by Crippen LogP contribution is 2.41. The lowest BCUT2D eigenvalue weighted by molar-refractivity contribution is -0.195. The molecule has 0 aromatic carbocycles. The number of hydrogen-bond acceptors (Lipinski definition) is 2. The summed E-state index contributed by atoms with van der Waals surface area (Å²) in [5.74, 6) is -1.85. The van der Waals surface area contributed by atoms with Gasteiger partial charge in [0.1, 0.15) is 5.60 Å². The van der Waals surface area contributed by atoms with Crippen LogP contribution in [0.25, 0.3) is 0 Å². The number of hydrogen-bond donors (Lipinski definition) is 1. The Balaban J connectivity index is 2.48. The molecule has 1 fully saturated rings. The second-order valence-corrected chi connectivity index (χ2v) is 6.08. The minimum absolute atomic E-state index is 0.0269. The highest BCUT2D eigenvalue weighted by molar-refractivity contribution is 5.67. The molecule has 2 atom stereocenters. The summed E-state index contributed by atoms with van der Waals surface area (Å²) in [6.07, 6.45) is -2.79. The quantitative estimate of drug-likeness (QED) is 0.834. The van der Waals surface area contributed by atoms with Gasteiger partial charge >= 0.3 is 12.3 Å². The molecule has 0 heterocycles. The van der Waals surface area contributed by atoms with Gasteiger partial charge in [-0.25, -0.2) is 4.79 Å². The van der Waals surface area contributed by atoms with Crippen LogP contribution in [0.4, 0.5) is 18.0 Å². The first-order valence-electron chi connectivity index (χ1n) is 6.63. The maximum Gasteiger partial charge on any atom is 0.407 e. The van der Waals surface area contributed by atoms with Gasteiger partial charge in [-0.05, 0) is 39.5 Å². The van der Waals surface area contributed by atoms with Crippen LogP contribution in [-0.2, 0) is 4.74 Å². The van der Waals surface area contributed by atoms with Crippen LogP contribution in [0.5, 0.6) is 0 Å². The Labute approximate surface area is 111 Å². The number of alkyl carbamates (subject to hydrolysis) is 1. The van der Waals surface area contributed by atoms with Crippen molar-refractivity contribution in [2.45, 2.75) is 58.2 Å². The molecule has 1 rings (SSSR count). The molecule has 1 aliphatic carbocycles. The van der Waals surface area contributed by atoms with E-state index in [9.17, 15) is 18.0 Å². The van der Waals surface area contributed by atoms with Gasteiger partial charge in [-0.1, -0.05) is 12.8 Å². The van der Waals surface area contributed by atoms with Crippen molar-refractivity contribution in [3.63, 3.8) is 0 Å². The van der Waals surface area contributed by atoms with E-state index in [1.165, 1.54) is 0 Å². The Morgan fingerprint density at radius 1 is 1.21 bits per heavy atom. The smallest absolute Gasteiger partial charge is 0.407 e. The second kappa shape index (κ2) is 6.01. The van der Waals surface area contributed by atoms with Crippen molar-refractivity contribution in [1.82, 2.24) is 5.32 Å². The normalized spacial score (nSPS) is 24.9. The maximum absolute atomic E-state index is 12.8. The minimum atomic E-state index is -4.18. The molecule has 6 heteroatoms. The van der Waals surface area contributed by atoms with E-state index >= 15 is 0 Å². The van der Waals surface area contributed by atoms with Crippen LogP contribution >= 0.6 is 0 Å². The van der Waals surface area contributed by atoms with E-state index in [-0.39, 0.29) is 13.0 Å². The Morgan fingerprint density at radius 2 is 1.79 bits per heavy atom. The third-order valence-corrected chi connectivity index (χ3v) is 3.24. The van der Waals surface area contributed by atoms with Gasteiger partial charge < -0.3 is 10.1 Å². The van der Waals surface area contributed by atoms with Crippen molar-refractivity contribution in [1.29, 1.82) is 0 Å². The summed E-state index contributed by atoms with van der Waals surface area (Å²) in [4.78, 5) is 11.4. The monoisotopic (exact) mass is 281 g/mol. The minimum Gasteiger partial charge on any atom is -0.444 e. The fourth-order valence-electron chi connectivity index (χ4n) is 2.41. The molecule has 0 radical (unpaired) electrons. The van der Waals surface area contributed by atoms with E-state index in [1.807, 2.05) is 0 Å². The molecule has 19 heavy (non-hydrogen) atoms. The highest BCUT2D eigenvalue weighted by atomic mass is 19.4. The largest absolute Gasteiger partial charge is 0.444 e. The number of alkyl halides is 3. The molecule has 0 spiro atoms. The fourth-order valence-corrected chi connectivity index (χ4v) is 2.41. The van der Waals surface area contributed by atoms with Crippen LogP contribution in [0.2, 0.25) is 0 Å². The standard InChI is InChI=1S/C13H22F3NO2/c1-12(2,3)19-11(18)17-8-9-6-4-5-7-10(9)13(14,15)16/h9-10H,4-8H2,1-3H3,(H,17,18)/t9-,10-/m0/s1. The van der Waals surface area contributed by atoms with E-state index in [2.05, 4.69) is 5.32 Å². The number of nitrogens with one attached hydrogen (secondary N) is 1. The van der Waals surface area contributed by atoms with Crippen molar-refractivity contribution in [2.75, 3.05) is 6.54 Å². The van der Waals surface area contributed by atoms with Crippen LogP contribution in [0.15, 0.2) is 0 Å². The van der Waals surface area contributed by atoms with E-state index in [0.29, 0.717) is 12.8 Å². The third-order valence-electron chi connectivity index (χ3n) is 3.24. The van der Waals surface area contributed by atoms with Crippen molar-refractivity contribution in [2.24, 2.45) is 11.8 Å². The summed E-state index contributed by atoms with van der Waals surface area (Å²) >= 11 is 0. The molecular weight excluding hydrogens is 259 g/mol. The first-order chi connectivity index (χ1) is 8.59. The Hall–Kier alpha value is -0.940. The second-order valence-electron chi connectivity index (χ2n) is 6.08. The predicted octanol–water partition coefficient (Wildman–Crippen LogP) is 3.88. The summed E-state index contributed by atoms with van der Waals surface area (Å²) in [7, 11) is 0. The maximum atomic E-state index is 12.8. The average molecular weight is 281 g/mol. The first kappa shape index (κ1) is 16.1. The van der Waals surface area contributed by atoms with Gasteiger partial charge in [0.25, 0.3) is 0 Å². The van der Waals surface area contributed by atoms with E-state index in [0.717, 1.165) is 6.42 Å². The lowest BCUT2D eigenvalue weighted by atomic mass is 9.79. The van der Waals surface area contributed by atoms with Gasteiger partial charge in [-0.2, -0.15) is 13.2 Å². The number of halogens is 3. The zero-order chi connectivity index (χ0) is 14.7. The van der Waals surface area contributed by atoms with Gasteiger partial charge in [0.15, 0.2) is 0 Å². The SMILES string of the molecule is CC(C)(C)OC(=O)NC[C@@H]1CCCC[C@@H]1C(F)(F)F. The molecule has 112 valence electrons. The number of ether oxygens (including phenoxy) is 1. The molecule has 1 saturated carbocycles. The molecule has 0 bridgehead atoms. The lowest BCUT2D eigenvalue weighted by Crippen LogP contribution is -2.41. The number of rotatable bonds is 2. The zero-order valence-electron chi connectivity index (χ0n) is 11.6. The van der Waals surface area contributed by atoms with E-state index < -0.39 is 29.7 Å². The molecule has 0 aromatic heterocycles. The van der Waals surface area contributed by atoms with Crippen LogP contribution < -0.4 is 5.32 Å². The van der Waals surface area contributed by atoms with Crippen molar-refractivity contribution < 1.29 is 22.7 Å². The summed E-state index contributed by atoms with van der Waals surface area (Å²) in [5.41, 5.74) is -0.639. The van der Waals surface area contributed by atoms with Gasteiger partial charge in [-0.15, -0.1) is 0 Å². The number of carbonyl (C=O) groups is 1. The molecule has 3 nitrogen and oxygen atoms in total. The summed E-state index contributed by atoms with van der Waals surface area (Å²) in [6, 6.07) is 0. The van der Waals surface area contributed by atoms with E-state index in [4.69, 9.17) is 4.74 Å². The number of amides is 1. The summed E-state index contributed by atoms with van der Waals surface area (Å²) < 4.78 is 43.5. The van der Waals surface area contributed by atoms with Gasteiger partial charge in [0, 0.05) is 6.54 Å². The summed E-state index contributed by atoms with van der Waals surface area (Å²) in [5, 5.41) is 2.45. The first-order valence-corrected chi connectivity index (χ1v) is 6.63. The molecule has 1 amide bonds. The molecule has 0 aliphatic heterocycles. The zero-order valence-corrected chi connectivity index (χ0v) is 11.6. The van der Waals surface area contributed by atoms with Crippen molar-refractivity contribution in [3.05, 3.63) is 0 Å². The molecular formula is C13H22F3NO2. The molecule has 0 saturated heterocycles. The highest BCUT2D eigenvalue weighted by Gasteiger charge is 2.45.